The first-order valence-corrected chi connectivity index (χ1v) is 12.6. The lowest BCUT2D eigenvalue weighted by Crippen LogP contribution is -2.36. The Balaban J connectivity index is 1.43. The molecular weight excluding hydrogens is 412 g/mol. The number of hydrogen-bond donors (Lipinski definition) is 1. The van der Waals surface area contributed by atoms with Crippen molar-refractivity contribution in [1.29, 1.82) is 0 Å². The van der Waals surface area contributed by atoms with Gasteiger partial charge in [-0.1, -0.05) is 80.3 Å². The molecule has 158 valence electrons. The van der Waals surface area contributed by atoms with Gasteiger partial charge in [-0.2, -0.15) is 0 Å². The number of rotatable bonds is 7. The van der Waals surface area contributed by atoms with E-state index in [2.05, 4.69) is 38.3 Å². The van der Waals surface area contributed by atoms with E-state index in [1.807, 2.05) is 29.6 Å². The second-order valence-corrected chi connectivity index (χ2v) is 9.64. The van der Waals surface area contributed by atoms with Crippen molar-refractivity contribution in [3.05, 3.63) is 53.4 Å². The van der Waals surface area contributed by atoms with Crippen LogP contribution in [-0.2, 0) is 11.3 Å². The van der Waals surface area contributed by atoms with E-state index in [0.717, 1.165) is 28.7 Å². The van der Waals surface area contributed by atoms with Crippen molar-refractivity contribution in [1.82, 2.24) is 20.1 Å². The molecule has 2 heterocycles. The monoisotopic (exact) mass is 440 g/mol. The first kappa shape index (κ1) is 21.1. The van der Waals surface area contributed by atoms with Gasteiger partial charge in [0.15, 0.2) is 11.0 Å². The summed E-state index contributed by atoms with van der Waals surface area (Å²) in [6.07, 6.45) is 8.54. The molecule has 5 nitrogen and oxygen atoms in total. The molecule has 1 aliphatic rings. The predicted molar refractivity (Wildman–Crippen MR) is 124 cm³/mol. The van der Waals surface area contributed by atoms with Crippen LogP contribution >= 0.6 is 23.1 Å². The highest BCUT2D eigenvalue weighted by Crippen LogP contribution is 2.28. The number of thioether (sulfide) groups is 1. The number of aromatic nitrogens is 3. The van der Waals surface area contributed by atoms with Gasteiger partial charge in [-0.05, 0) is 29.9 Å². The minimum Gasteiger partial charge on any atom is -0.353 e. The number of thiophene rings is 1. The van der Waals surface area contributed by atoms with Gasteiger partial charge >= 0.3 is 0 Å². The Morgan fingerprint density at radius 2 is 1.80 bits per heavy atom. The zero-order chi connectivity index (χ0) is 20.6. The first-order chi connectivity index (χ1) is 14.8. The van der Waals surface area contributed by atoms with Gasteiger partial charge in [0.25, 0.3) is 0 Å². The predicted octanol–water partition coefficient (Wildman–Crippen LogP) is 5.38. The lowest BCUT2D eigenvalue weighted by molar-refractivity contribution is -0.119. The third-order valence-electron chi connectivity index (χ3n) is 5.44. The average Bonchev–Trinajstić information content (AvgIpc) is 3.39. The average molecular weight is 441 g/mol. The molecule has 7 heteroatoms. The molecule has 0 atom stereocenters. The highest BCUT2D eigenvalue weighted by Gasteiger charge is 2.18. The minimum absolute atomic E-state index is 0.0949. The summed E-state index contributed by atoms with van der Waals surface area (Å²) < 4.78 is 2.12. The van der Waals surface area contributed by atoms with Gasteiger partial charge in [0.1, 0.15) is 0 Å². The van der Waals surface area contributed by atoms with Crippen LogP contribution in [0.25, 0.3) is 10.7 Å². The van der Waals surface area contributed by atoms with Crippen molar-refractivity contribution in [2.75, 3.05) is 5.75 Å². The van der Waals surface area contributed by atoms with Crippen molar-refractivity contribution in [3.63, 3.8) is 0 Å². The fraction of sp³-hybridized carbons (Fsp3) is 0.435. The molecule has 1 aromatic carbocycles. The summed E-state index contributed by atoms with van der Waals surface area (Å²) in [5.41, 5.74) is 1.19. The van der Waals surface area contributed by atoms with E-state index in [0.29, 0.717) is 18.3 Å². The molecule has 30 heavy (non-hydrogen) atoms. The molecular formula is C23H28N4OS2. The second kappa shape index (κ2) is 10.8. The Bertz CT molecular complexity index is 916. The zero-order valence-electron chi connectivity index (χ0n) is 17.1. The molecule has 0 saturated heterocycles. The maximum atomic E-state index is 12.6. The Labute approximate surface area is 186 Å². The van der Waals surface area contributed by atoms with Gasteiger partial charge in [0.05, 0.1) is 17.2 Å². The zero-order valence-corrected chi connectivity index (χ0v) is 18.8. The summed E-state index contributed by atoms with van der Waals surface area (Å²) in [7, 11) is 0. The fourth-order valence-electron chi connectivity index (χ4n) is 3.89. The number of benzene rings is 1. The molecule has 1 aliphatic carbocycles. The number of carbonyl (C=O) groups excluding carboxylic acids is 1. The van der Waals surface area contributed by atoms with Gasteiger partial charge in [-0.15, -0.1) is 21.5 Å². The van der Waals surface area contributed by atoms with E-state index in [1.165, 1.54) is 49.4 Å². The molecule has 0 radical (unpaired) electrons. The van der Waals surface area contributed by atoms with E-state index in [-0.39, 0.29) is 5.91 Å². The smallest absolute Gasteiger partial charge is 0.230 e. The van der Waals surface area contributed by atoms with Crippen molar-refractivity contribution in [3.8, 4) is 10.7 Å². The molecule has 0 spiro atoms. The third-order valence-corrected chi connectivity index (χ3v) is 7.28. The lowest BCUT2D eigenvalue weighted by atomic mass is 9.97. The third kappa shape index (κ3) is 5.73. The largest absolute Gasteiger partial charge is 0.353 e. The molecule has 0 unspecified atom stereocenters. The second-order valence-electron chi connectivity index (χ2n) is 7.75. The summed E-state index contributed by atoms with van der Waals surface area (Å²) in [5, 5.41) is 14.9. The highest BCUT2D eigenvalue weighted by molar-refractivity contribution is 7.99. The number of amides is 1. The summed E-state index contributed by atoms with van der Waals surface area (Å²) >= 11 is 3.13. The van der Waals surface area contributed by atoms with Crippen LogP contribution in [0.1, 0.15) is 50.5 Å². The molecule has 2 aromatic heterocycles. The highest BCUT2D eigenvalue weighted by atomic mass is 32.2. The van der Waals surface area contributed by atoms with E-state index in [1.54, 1.807) is 11.3 Å². The quantitative estimate of drug-likeness (QED) is 0.501. The van der Waals surface area contributed by atoms with E-state index >= 15 is 0 Å². The molecule has 1 fully saturated rings. The van der Waals surface area contributed by atoms with Crippen LogP contribution in [0.15, 0.2) is 53.0 Å². The summed E-state index contributed by atoms with van der Waals surface area (Å²) in [4.78, 5) is 13.7. The fourth-order valence-corrected chi connectivity index (χ4v) is 5.36. The van der Waals surface area contributed by atoms with Crippen LogP contribution in [0.2, 0.25) is 0 Å². The summed E-state index contributed by atoms with van der Waals surface area (Å²) in [6, 6.07) is 14.7. The van der Waals surface area contributed by atoms with Crippen LogP contribution in [0.3, 0.4) is 0 Å². The van der Waals surface area contributed by atoms with Crippen molar-refractivity contribution in [2.24, 2.45) is 0 Å². The molecule has 0 bridgehead atoms. The van der Waals surface area contributed by atoms with Crippen LogP contribution in [-0.4, -0.2) is 32.5 Å². The van der Waals surface area contributed by atoms with Crippen LogP contribution in [0.5, 0.6) is 0 Å². The maximum absolute atomic E-state index is 12.6. The molecule has 1 N–H and O–H groups in total. The maximum Gasteiger partial charge on any atom is 0.230 e. The van der Waals surface area contributed by atoms with Gasteiger partial charge in [-0.25, -0.2) is 0 Å². The standard InChI is InChI=1S/C23H28N4OS2/c28-21(24-19-12-7-2-1-3-8-13-19)17-30-23-26-25-22(20-14-9-15-29-20)27(23)16-18-10-5-4-6-11-18/h4-6,9-11,14-15,19H,1-3,7-8,12-13,16-17H2,(H,24,28). The van der Waals surface area contributed by atoms with Gasteiger partial charge < -0.3 is 5.32 Å². The van der Waals surface area contributed by atoms with Crippen LogP contribution in [0.4, 0.5) is 0 Å². The Hall–Kier alpha value is -2.12. The molecule has 4 rings (SSSR count). The van der Waals surface area contributed by atoms with Gasteiger partial charge in [0.2, 0.25) is 5.91 Å². The van der Waals surface area contributed by atoms with Gasteiger partial charge in [-0.3, -0.25) is 9.36 Å². The van der Waals surface area contributed by atoms with Crippen LogP contribution < -0.4 is 5.32 Å². The van der Waals surface area contributed by atoms with E-state index < -0.39 is 0 Å². The molecule has 1 saturated carbocycles. The number of nitrogens with zero attached hydrogens (tertiary/aromatic N) is 3. The SMILES string of the molecule is O=C(CSc1nnc(-c2cccs2)n1Cc1ccccc1)NC1CCCCCCC1. The van der Waals surface area contributed by atoms with E-state index in [9.17, 15) is 4.79 Å². The Kier molecular flexibility index (Phi) is 7.59. The summed E-state index contributed by atoms with van der Waals surface area (Å²) in [6.45, 7) is 0.688. The Morgan fingerprint density at radius 3 is 2.53 bits per heavy atom. The first-order valence-electron chi connectivity index (χ1n) is 10.7. The minimum atomic E-state index is 0.0949. The topological polar surface area (TPSA) is 59.8 Å². The van der Waals surface area contributed by atoms with Crippen molar-refractivity contribution >= 4 is 29.0 Å². The number of hydrogen-bond acceptors (Lipinski definition) is 5. The normalized spacial score (nSPS) is 15.5. The van der Waals surface area contributed by atoms with Crippen molar-refractivity contribution < 1.29 is 4.79 Å². The summed E-state index contributed by atoms with van der Waals surface area (Å²) in [5.74, 6) is 1.32. The Morgan fingerprint density at radius 1 is 1.03 bits per heavy atom. The molecule has 3 aromatic rings. The molecule has 0 aliphatic heterocycles. The van der Waals surface area contributed by atoms with Gasteiger partial charge in [0, 0.05) is 6.04 Å². The number of carbonyl (C=O) groups is 1. The van der Waals surface area contributed by atoms with Crippen LogP contribution in [0, 0.1) is 0 Å². The lowest BCUT2D eigenvalue weighted by Gasteiger charge is -2.20. The molecule has 1 amide bonds. The van der Waals surface area contributed by atoms with E-state index in [4.69, 9.17) is 0 Å². The van der Waals surface area contributed by atoms with Crippen molar-refractivity contribution in [2.45, 2.75) is 62.7 Å². The number of nitrogens with one attached hydrogen (secondary N) is 1.